The number of rotatable bonds is 4. The Kier molecular flexibility index (Phi) is 4.36. The first kappa shape index (κ1) is 14.3. The average Bonchev–Trinajstić information content (AvgIpc) is 2.97. The standard InChI is InChI=1S/C17H23N3O/c1-20(15-9-5-6-10-16(15)21)12-17-18-11-14(19-17)13-7-3-2-4-8-13/h2-4,7-8,11,15-16,21H,5-6,9-10,12H2,1H3,(H,18,19). The molecule has 0 spiro atoms. The second-order valence-corrected chi connectivity index (χ2v) is 5.94. The van der Waals surface area contributed by atoms with Gasteiger partial charge in [-0.05, 0) is 25.5 Å². The maximum Gasteiger partial charge on any atom is 0.120 e. The Balaban J connectivity index is 1.67. The second kappa shape index (κ2) is 6.41. The zero-order chi connectivity index (χ0) is 14.7. The van der Waals surface area contributed by atoms with Gasteiger partial charge in [-0.3, -0.25) is 4.90 Å². The van der Waals surface area contributed by atoms with Gasteiger partial charge in [0, 0.05) is 6.04 Å². The molecule has 112 valence electrons. The fraction of sp³-hybridized carbons (Fsp3) is 0.471. The van der Waals surface area contributed by atoms with E-state index >= 15 is 0 Å². The Morgan fingerprint density at radius 2 is 2.00 bits per heavy atom. The molecule has 0 amide bonds. The third-order valence-corrected chi connectivity index (χ3v) is 4.37. The van der Waals surface area contributed by atoms with Gasteiger partial charge in [0.2, 0.25) is 0 Å². The number of H-pyrrole nitrogens is 1. The number of hydrogen-bond acceptors (Lipinski definition) is 3. The Hall–Kier alpha value is -1.65. The quantitative estimate of drug-likeness (QED) is 0.908. The van der Waals surface area contributed by atoms with Crippen LogP contribution in [0.2, 0.25) is 0 Å². The van der Waals surface area contributed by atoms with Gasteiger partial charge < -0.3 is 10.1 Å². The molecular weight excluding hydrogens is 262 g/mol. The molecule has 2 atom stereocenters. The first-order valence-corrected chi connectivity index (χ1v) is 7.71. The fourth-order valence-electron chi connectivity index (χ4n) is 3.17. The smallest absolute Gasteiger partial charge is 0.120 e. The first-order valence-electron chi connectivity index (χ1n) is 7.71. The van der Waals surface area contributed by atoms with Crippen molar-refractivity contribution in [2.75, 3.05) is 7.05 Å². The van der Waals surface area contributed by atoms with Crippen LogP contribution >= 0.6 is 0 Å². The number of aliphatic hydroxyl groups is 1. The number of nitrogens with zero attached hydrogens (tertiary/aromatic N) is 2. The molecule has 1 heterocycles. The van der Waals surface area contributed by atoms with Gasteiger partial charge in [0.1, 0.15) is 5.82 Å². The first-order chi connectivity index (χ1) is 10.2. The van der Waals surface area contributed by atoms with Gasteiger partial charge in [-0.1, -0.05) is 43.2 Å². The lowest BCUT2D eigenvalue weighted by Gasteiger charge is -2.34. The van der Waals surface area contributed by atoms with Crippen LogP contribution in [-0.2, 0) is 6.54 Å². The molecule has 0 bridgehead atoms. The van der Waals surface area contributed by atoms with Gasteiger partial charge in [-0.15, -0.1) is 0 Å². The molecule has 1 aliphatic rings. The van der Waals surface area contributed by atoms with Crippen LogP contribution in [-0.4, -0.2) is 39.2 Å². The number of likely N-dealkylation sites (N-methyl/N-ethyl adjacent to an activating group) is 1. The van der Waals surface area contributed by atoms with E-state index < -0.39 is 0 Å². The van der Waals surface area contributed by atoms with Crippen molar-refractivity contribution in [2.45, 2.75) is 44.4 Å². The lowest BCUT2D eigenvalue weighted by atomic mass is 9.91. The highest BCUT2D eigenvalue weighted by Gasteiger charge is 2.26. The van der Waals surface area contributed by atoms with Crippen LogP contribution in [0.3, 0.4) is 0 Å². The summed E-state index contributed by atoms with van der Waals surface area (Å²) in [4.78, 5) is 10.1. The third kappa shape index (κ3) is 3.34. The maximum atomic E-state index is 10.1. The Labute approximate surface area is 125 Å². The molecule has 4 heteroatoms. The van der Waals surface area contributed by atoms with Gasteiger partial charge in [-0.25, -0.2) is 4.98 Å². The zero-order valence-corrected chi connectivity index (χ0v) is 12.5. The van der Waals surface area contributed by atoms with Crippen molar-refractivity contribution in [3.8, 4) is 11.3 Å². The molecule has 1 aromatic heterocycles. The molecule has 21 heavy (non-hydrogen) atoms. The molecule has 3 rings (SSSR count). The molecule has 2 unspecified atom stereocenters. The lowest BCUT2D eigenvalue weighted by molar-refractivity contribution is 0.0279. The minimum absolute atomic E-state index is 0.202. The van der Waals surface area contributed by atoms with Crippen LogP contribution < -0.4 is 0 Å². The highest BCUT2D eigenvalue weighted by Crippen LogP contribution is 2.23. The molecular formula is C17H23N3O. The van der Waals surface area contributed by atoms with E-state index in [1.165, 1.54) is 6.42 Å². The molecule has 2 N–H and O–H groups in total. The number of aromatic nitrogens is 2. The van der Waals surface area contributed by atoms with Crippen molar-refractivity contribution in [1.82, 2.24) is 14.9 Å². The molecule has 4 nitrogen and oxygen atoms in total. The van der Waals surface area contributed by atoms with Crippen LogP contribution in [0.25, 0.3) is 11.3 Å². The molecule has 0 aliphatic heterocycles. The summed E-state index contributed by atoms with van der Waals surface area (Å²) in [6.45, 7) is 0.745. The summed E-state index contributed by atoms with van der Waals surface area (Å²) in [6.07, 6.45) is 6.03. The topological polar surface area (TPSA) is 52.2 Å². The fourth-order valence-corrected chi connectivity index (χ4v) is 3.17. The Morgan fingerprint density at radius 1 is 1.24 bits per heavy atom. The van der Waals surface area contributed by atoms with E-state index in [1.54, 1.807) is 0 Å². The van der Waals surface area contributed by atoms with E-state index in [1.807, 2.05) is 24.4 Å². The number of hydrogen-bond donors (Lipinski definition) is 2. The second-order valence-electron chi connectivity index (χ2n) is 5.94. The van der Waals surface area contributed by atoms with E-state index in [2.05, 4.69) is 34.0 Å². The van der Waals surface area contributed by atoms with Gasteiger partial charge >= 0.3 is 0 Å². The highest BCUT2D eigenvalue weighted by molar-refractivity contribution is 5.57. The third-order valence-electron chi connectivity index (χ3n) is 4.37. The minimum Gasteiger partial charge on any atom is -0.391 e. The zero-order valence-electron chi connectivity index (χ0n) is 12.5. The Morgan fingerprint density at radius 3 is 2.76 bits per heavy atom. The van der Waals surface area contributed by atoms with Crippen LogP contribution in [0.15, 0.2) is 36.5 Å². The van der Waals surface area contributed by atoms with E-state index in [0.717, 1.165) is 42.9 Å². The lowest BCUT2D eigenvalue weighted by Crippen LogP contribution is -2.43. The molecule has 1 saturated carbocycles. The van der Waals surface area contributed by atoms with Gasteiger partial charge in [0.25, 0.3) is 0 Å². The molecule has 0 saturated heterocycles. The molecule has 1 aromatic carbocycles. The van der Waals surface area contributed by atoms with Crippen molar-refractivity contribution in [1.29, 1.82) is 0 Å². The summed E-state index contributed by atoms with van der Waals surface area (Å²) >= 11 is 0. The van der Waals surface area contributed by atoms with Crippen LogP contribution in [0, 0.1) is 0 Å². The largest absolute Gasteiger partial charge is 0.391 e. The van der Waals surface area contributed by atoms with Crippen molar-refractivity contribution in [3.05, 3.63) is 42.4 Å². The van der Waals surface area contributed by atoms with Gasteiger partial charge in [0.15, 0.2) is 0 Å². The monoisotopic (exact) mass is 285 g/mol. The summed E-state index contributed by atoms with van der Waals surface area (Å²) in [5.41, 5.74) is 2.19. The van der Waals surface area contributed by atoms with Crippen molar-refractivity contribution in [3.63, 3.8) is 0 Å². The van der Waals surface area contributed by atoms with Crippen molar-refractivity contribution in [2.24, 2.45) is 0 Å². The number of aromatic amines is 1. The SMILES string of the molecule is CN(Cc1ncc(-c2ccccc2)[nH]1)C1CCCCC1O. The predicted octanol–water partition coefficient (Wildman–Crippen LogP) is 2.81. The average molecular weight is 285 g/mol. The van der Waals surface area contributed by atoms with Crippen LogP contribution in [0.1, 0.15) is 31.5 Å². The molecule has 1 fully saturated rings. The van der Waals surface area contributed by atoms with Crippen LogP contribution in [0.5, 0.6) is 0 Å². The summed E-state index contributed by atoms with van der Waals surface area (Å²) < 4.78 is 0. The Bertz CT molecular complexity index is 566. The summed E-state index contributed by atoms with van der Waals surface area (Å²) in [7, 11) is 2.07. The van der Waals surface area contributed by atoms with Crippen LogP contribution in [0.4, 0.5) is 0 Å². The number of imidazole rings is 1. The van der Waals surface area contributed by atoms with E-state index in [0.29, 0.717) is 0 Å². The van der Waals surface area contributed by atoms with E-state index in [-0.39, 0.29) is 12.1 Å². The van der Waals surface area contributed by atoms with Crippen molar-refractivity contribution < 1.29 is 5.11 Å². The highest BCUT2D eigenvalue weighted by atomic mass is 16.3. The van der Waals surface area contributed by atoms with Gasteiger partial charge in [-0.2, -0.15) is 0 Å². The number of nitrogens with one attached hydrogen (secondary N) is 1. The predicted molar refractivity (Wildman–Crippen MR) is 83.8 cm³/mol. The molecule has 1 aliphatic carbocycles. The van der Waals surface area contributed by atoms with Crippen molar-refractivity contribution >= 4 is 0 Å². The summed E-state index contributed by atoms with van der Waals surface area (Å²) in [5, 5.41) is 10.1. The minimum atomic E-state index is -0.202. The normalized spacial score (nSPS) is 22.6. The van der Waals surface area contributed by atoms with E-state index in [9.17, 15) is 5.11 Å². The summed E-state index contributed by atoms with van der Waals surface area (Å²) in [6, 6.07) is 10.5. The van der Waals surface area contributed by atoms with E-state index in [4.69, 9.17) is 0 Å². The van der Waals surface area contributed by atoms with Gasteiger partial charge in [0.05, 0.1) is 24.5 Å². The molecule has 2 aromatic rings. The maximum absolute atomic E-state index is 10.1. The number of aliphatic hydroxyl groups excluding tert-OH is 1. The number of benzene rings is 1. The molecule has 0 radical (unpaired) electrons. The summed E-state index contributed by atoms with van der Waals surface area (Å²) in [5.74, 6) is 0.953.